The van der Waals surface area contributed by atoms with E-state index >= 15 is 0 Å². The van der Waals surface area contributed by atoms with Crippen LogP contribution in [0.15, 0.2) is 53.4 Å². The number of nitro benzene ring substituents is 1. The average Bonchev–Trinajstić information content (AvgIpc) is 2.85. The molecule has 1 heterocycles. The van der Waals surface area contributed by atoms with Crippen LogP contribution in [-0.4, -0.2) is 21.0 Å². The molecule has 6 nitrogen and oxygen atoms in total. The van der Waals surface area contributed by atoms with Gasteiger partial charge in [0.25, 0.3) is 16.8 Å². The number of benzene rings is 2. The molecule has 0 spiro atoms. The molecule has 1 aliphatic heterocycles. The van der Waals surface area contributed by atoms with Gasteiger partial charge in [-0.25, -0.2) is 0 Å². The smallest absolute Gasteiger partial charge is 0.268 e. The highest BCUT2D eigenvalue weighted by molar-refractivity contribution is 8.18. The molecule has 7 heteroatoms. The van der Waals surface area contributed by atoms with E-state index in [1.54, 1.807) is 12.1 Å². The van der Waals surface area contributed by atoms with Crippen LogP contribution in [0.2, 0.25) is 0 Å². The fraction of sp³-hybridized carbons (Fsp3) is 0.111. The molecule has 25 heavy (non-hydrogen) atoms. The molecule has 2 amide bonds. The lowest BCUT2D eigenvalue weighted by molar-refractivity contribution is -0.384. The van der Waals surface area contributed by atoms with E-state index < -0.39 is 4.92 Å². The molecule has 2 aromatic carbocycles. The van der Waals surface area contributed by atoms with Crippen LogP contribution in [0, 0.1) is 17.0 Å². The van der Waals surface area contributed by atoms with Gasteiger partial charge in [0, 0.05) is 12.1 Å². The largest absolute Gasteiger partial charge is 0.293 e. The number of nitro groups is 1. The molecule has 0 atom stereocenters. The molecule has 0 radical (unpaired) electrons. The first kappa shape index (κ1) is 16.9. The zero-order chi connectivity index (χ0) is 18.0. The number of nitrogens with zero attached hydrogens (tertiary/aromatic N) is 2. The molecule has 0 aromatic heterocycles. The number of amides is 2. The number of imide groups is 1. The lowest BCUT2D eigenvalue weighted by Crippen LogP contribution is -2.27. The van der Waals surface area contributed by atoms with Crippen molar-refractivity contribution in [3.05, 3.63) is 80.2 Å². The molecule has 1 fully saturated rings. The van der Waals surface area contributed by atoms with Gasteiger partial charge in [-0.3, -0.25) is 24.6 Å². The van der Waals surface area contributed by atoms with E-state index in [4.69, 9.17) is 0 Å². The summed E-state index contributed by atoms with van der Waals surface area (Å²) in [6.07, 6.45) is 1.70. The van der Waals surface area contributed by atoms with E-state index in [1.165, 1.54) is 18.2 Å². The van der Waals surface area contributed by atoms with E-state index in [1.807, 2.05) is 31.2 Å². The summed E-state index contributed by atoms with van der Waals surface area (Å²) in [7, 11) is 0. The Bertz CT molecular complexity index is 907. The number of thioether (sulfide) groups is 1. The van der Waals surface area contributed by atoms with Crippen LogP contribution in [0.1, 0.15) is 16.7 Å². The summed E-state index contributed by atoms with van der Waals surface area (Å²) in [5, 5.41) is 10.5. The Morgan fingerprint density at radius 2 is 1.92 bits per heavy atom. The van der Waals surface area contributed by atoms with Crippen LogP contribution in [0.25, 0.3) is 6.08 Å². The number of hydrogen-bond donors (Lipinski definition) is 0. The summed E-state index contributed by atoms with van der Waals surface area (Å²) in [5.74, 6) is -0.384. The molecule has 0 aliphatic carbocycles. The normalized spacial score (nSPS) is 15.9. The van der Waals surface area contributed by atoms with Gasteiger partial charge < -0.3 is 0 Å². The van der Waals surface area contributed by atoms with E-state index in [-0.39, 0.29) is 23.4 Å². The molecule has 1 saturated heterocycles. The zero-order valence-electron chi connectivity index (χ0n) is 13.3. The van der Waals surface area contributed by atoms with Crippen molar-refractivity contribution in [2.45, 2.75) is 13.5 Å². The maximum atomic E-state index is 12.5. The Kier molecular flexibility index (Phi) is 4.67. The fourth-order valence-electron chi connectivity index (χ4n) is 2.48. The molecule has 0 saturated carbocycles. The van der Waals surface area contributed by atoms with Crippen LogP contribution in [-0.2, 0) is 11.3 Å². The topological polar surface area (TPSA) is 80.5 Å². The quantitative estimate of drug-likeness (QED) is 0.468. The Labute approximate surface area is 148 Å². The second-order valence-corrected chi connectivity index (χ2v) is 6.54. The predicted molar refractivity (Wildman–Crippen MR) is 95.8 cm³/mol. The van der Waals surface area contributed by atoms with Gasteiger partial charge in [-0.1, -0.05) is 36.4 Å². The van der Waals surface area contributed by atoms with Gasteiger partial charge in [0.2, 0.25) is 0 Å². The maximum Gasteiger partial charge on any atom is 0.293 e. The molecule has 1 aliphatic rings. The van der Waals surface area contributed by atoms with Crippen molar-refractivity contribution < 1.29 is 14.5 Å². The van der Waals surface area contributed by atoms with E-state index in [9.17, 15) is 19.7 Å². The third-order valence-corrected chi connectivity index (χ3v) is 4.72. The van der Waals surface area contributed by atoms with Crippen molar-refractivity contribution in [1.82, 2.24) is 4.90 Å². The van der Waals surface area contributed by atoms with Gasteiger partial charge in [0.15, 0.2) is 0 Å². The standard InChI is InChI=1S/C18H14N2O4S/c1-12-5-2-3-7-14(12)10-16-17(21)19(18(22)25-16)11-13-6-4-8-15(9-13)20(23)24/h2-10H,11H2,1H3. The first-order valence-corrected chi connectivity index (χ1v) is 8.31. The van der Waals surface area contributed by atoms with Crippen LogP contribution in [0.5, 0.6) is 0 Å². The van der Waals surface area contributed by atoms with Gasteiger partial charge in [-0.15, -0.1) is 0 Å². The third-order valence-electron chi connectivity index (χ3n) is 3.81. The van der Waals surface area contributed by atoms with Gasteiger partial charge >= 0.3 is 0 Å². The highest BCUT2D eigenvalue weighted by Crippen LogP contribution is 2.34. The zero-order valence-corrected chi connectivity index (χ0v) is 14.2. The van der Waals surface area contributed by atoms with Crippen LogP contribution < -0.4 is 0 Å². The summed E-state index contributed by atoms with van der Waals surface area (Å²) in [6, 6.07) is 13.5. The molecular weight excluding hydrogens is 340 g/mol. The summed E-state index contributed by atoms with van der Waals surface area (Å²) in [6.45, 7) is 1.94. The Hall–Kier alpha value is -2.93. The number of carbonyl (C=O) groups is 2. The van der Waals surface area contributed by atoms with Crippen molar-refractivity contribution in [2.24, 2.45) is 0 Å². The molecule has 3 rings (SSSR count). The minimum Gasteiger partial charge on any atom is -0.268 e. The average molecular weight is 354 g/mol. The van der Waals surface area contributed by atoms with Crippen molar-refractivity contribution in [3.63, 3.8) is 0 Å². The molecule has 2 aromatic rings. The van der Waals surface area contributed by atoms with Crippen LogP contribution in [0.4, 0.5) is 10.5 Å². The van der Waals surface area contributed by atoms with E-state index in [0.29, 0.717) is 10.5 Å². The SMILES string of the molecule is Cc1ccccc1C=C1SC(=O)N(Cc2cccc([N+](=O)[O-])c2)C1=O. The lowest BCUT2D eigenvalue weighted by atomic mass is 10.1. The Balaban J connectivity index is 1.84. The monoisotopic (exact) mass is 354 g/mol. The van der Waals surface area contributed by atoms with Gasteiger partial charge in [0.1, 0.15) is 0 Å². The molecule has 0 unspecified atom stereocenters. The summed E-state index contributed by atoms with van der Waals surface area (Å²) in [5.41, 5.74) is 2.35. The number of aryl methyl sites for hydroxylation is 1. The number of hydrogen-bond acceptors (Lipinski definition) is 5. The Morgan fingerprint density at radius 3 is 2.64 bits per heavy atom. The number of carbonyl (C=O) groups excluding carboxylic acids is 2. The summed E-state index contributed by atoms with van der Waals surface area (Å²) >= 11 is 0.880. The molecule has 126 valence electrons. The number of rotatable bonds is 4. The molecular formula is C18H14N2O4S. The minimum absolute atomic E-state index is 0.0114. The molecule has 0 N–H and O–H groups in total. The second-order valence-electron chi connectivity index (χ2n) is 5.55. The fourth-order valence-corrected chi connectivity index (χ4v) is 3.31. The first-order chi connectivity index (χ1) is 12.0. The lowest BCUT2D eigenvalue weighted by Gasteiger charge is -2.12. The third kappa shape index (κ3) is 3.61. The highest BCUT2D eigenvalue weighted by atomic mass is 32.2. The van der Waals surface area contributed by atoms with Gasteiger partial charge in [-0.05, 0) is 41.5 Å². The highest BCUT2D eigenvalue weighted by Gasteiger charge is 2.35. The number of non-ortho nitro benzene ring substituents is 1. The predicted octanol–water partition coefficient (Wildman–Crippen LogP) is 4.14. The maximum absolute atomic E-state index is 12.5. The van der Waals surface area contributed by atoms with Crippen LogP contribution in [0.3, 0.4) is 0 Å². The van der Waals surface area contributed by atoms with Gasteiger partial charge in [0.05, 0.1) is 16.4 Å². The minimum atomic E-state index is -0.505. The van der Waals surface area contributed by atoms with E-state index in [2.05, 4.69) is 0 Å². The summed E-state index contributed by atoms with van der Waals surface area (Å²) in [4.78, 5) is 36.5. The van der Waals surface area contributed by atoms with Crippen molar-refractivity contribution in [1.29, 1.82) is 0 Å². The second kappa shape index (κ2) is 6.90. The van der Waals surface area contributed by atoms with E-state index in [0.717, 1.165) is 27.8 Å². The van der Waals surface area contributed by atoms with Crippen molar-refractivity contribution in [3.8, 4) is 0 Å². The van der Waals surface area contributed by atoms with Gasteiger partial charge in [-0.2, -0.15) is 0 Å². The van der Waals surface area contributed by atoms with Crippen LogP contribution >= 0.6 is 11.8 Å². The first-order valence-electron chi connectivity index (χ1n) is 7.50. The van der Waals surface area contributed by atoms with Crippen molar-refractivity contribution >= 4 is 34.7 Å². The van der Waals surface area contributed by atoms with Crippen molar-refractivity contribution in [2.75, 3.05) is 0 Å². The summed E-state index contributed by atoms with van der Waals surface area (Å²) < 4.78 is 0. The Morgan fingerprint density at radius 1 is 1.16 bits per heavy atom. The molecule has 0 bridgehead atoms.